The summed E-state index contributed by atoms with van der Waals surface area (Å²) in [6, 6.07) is 11.1. The lowest BCUT2D eigenvalue weighted by atomic mass is 10.1. The van der Waals surface area contributed by atoms with Crippen LogP contribution in [-0.2, 0) is 7.05 Å². The monoisotopic (exact) mass is 307 g/mol. The van der Waals surface area contributed by atoms with Crippen LogP contribution in [0.3, 0.4) is 0 Å². The van der Waals surface area contributed by atoms with Gasteiger partial charge in [0, 0.05) is 18.8 Å². The molecule has 114 valence electrons. The second-order valence-corrected chi connectivity index (χ2v) is 5.38. The number of hydrogen-bond acceptors (Lipinski definition) is 3. The first-order valence-electron chi connectivity index (χ1n) is 7.24. The third-order valence-corrected chi connectivity index (χ3v) is 3.75. The Morgan fingerprint density at radius 3 is 2.78 bits per heavy atom. The molecule has 1 unspecified atom stereocenters. The summed E-state index contributed by atoms with van der Waals surface area (Å²) in [5, 5.41) is 0. The minimum atomic E-state index is -1.35. The zero-order valence-electron chi connectivity index (χ0n) is 12.4. The minimum Gasteiger partial charge on any atom is -0.344 e. The number of aryl methyl sites for hydroxylation is 1. The highest BCUT2D eigenvalue weighted by molar-refractivity contribution is 5.90. The number of benzene rings is 1. The van der Waals surface area contributed by atoms with Crippen LogP contribution in [0.4, 0.5) is 4.39 Å². The molecule has 1 N–H and O–H groups in total. The van der Waals surface area contributed by atoms with Crippen LogP contribution in [0.2, 0.25) is 0 Å². The number of nitrogens with zero attached hydrogens (tertiary/aromatic N) is 4. The van der Waals surface area contributed by atoms with E-state index in [1.807, 2.05) is 37.4 Å². The van der Waals surface area contributed by atoms with Crippen molar-refractivity contribution in [2.45, 2.75) is 6.17 Å². The van der Waals surface area contributed by atoms with Gasteiger partial charge in [-0.1, -0.05) is 18.2 Å². The summed E-state index contributed by atoms with van der Waals surface area (Å²) in [4.78, 5) is 15.9. The number of halogens is 1. The van der Waals surface area contributed by atoms with Gasteiger partial charge >= 0.3 is 0 Å². The average Bonchev–Trinajstić information content (AvgIpc) is 3.22. The Hall–Kier alpha value is -3.02. The molecule has 0 saturated heterocycles. The second kappa shape index (κ2) is 5.31. The molecule has 0 spiro atoms. The number of H-pyrrole nitrogens is 1. The molecule has 3 heterocycles. The van der Waals surface area contributed by atoms with Gasteiger partial charge in [0.05, 0.1) is 40.8 Å². The maximum absolute atomic E-state index is 14.7. The molecule has 0 radical (unpaired) electrons. The molecular formula is C17H14FN5. The molecule has 0 bridgehead atoms. The number of aromatic amines is 1. The predicted molar refractivity (Wildman–Crippen MR) is 85.5 cm³/mol. The fraction of sp³-hybridized carbons (Fsp3) is 0.118. The number of alkyl halides is 1. The number of fused-ring (bicyclic) bond motifs is 1. The Kier molecular flexibility index (Phi) is 3.15. The van der Waals surface area contributed by atoms with Crippen molar-refractivity contribution in [3.05, 3.63) is 66.6 Å². The summed E-state index contributed by atoms with van der Waals surface area (Å²) in [7, 11) is 1.81. The van der Waals surface area contributed by atoms with Crippen molar-refractivity contribution < 1.29 is 4.39 Å². The largest absolute Gasteiger partial charge is 0.344 e. The van der Waals surface area contributed by atoms with Gasteiger partial charge < -0.3 is 9.55 Å². The number of imidazole rings is 2. The van der Waals surface area contributed by atoms with E-state index >= 15 is 0 Å². The number of rotatable bonds is 3. The molecule has 4 rings (SSSR count). The molecule has 0 saturated carbocycles. The zero-order chi connectivity index (χ0) is 15.8. The first kappa shape index (κ1) is 13.6. The van der Waals surface area contributed by atoms with E-state index in [1.54, 1.807) is 29.5 Å². The standard InChI is InChI=1S/C17H14FN5/c1-23-8-15(21-10-23)16(18)13-6-3-5-12(22-13)11-4-2-7-14-17(11)20-9-19-14/h2-10,16H,1H3,(H,19,20). The molecule has 0 fully saturated rings. The van der Waals surface area contributed by atoms with Gasteiger partial charge in [0.1, 0.15) is 0 Å². The second-order valence-electron chi connectivity index (χ2n) is 5.38. The SMILES string of the molecule is Cn1cnc(C(F)c2cccc(-c3cccc4nc[nH]c34)n2)c1. The quantitative estimate of drug-likeness (QED) is 0.631. The lowest BCUT2D eigenvalue weighted by molar-refractivity contribution is 0.386. The van der Waals surface area contributed by atoms with Crippen LogP contribution in [-0.4, -0.2) is 24.5 Å². The molecule has 0 aliphatic heterocycles. The van der Waals surface area contributed by atoms with Gasteiger partial charge in [-0.2, -0.15) is 0 Å². The van der Waals surface area contributed by atoms with Crippen LogP contribution in [0, 0.1) is 0 Å². The van der Waals surface area contributed by atoms with E-state index in [-0.39, 0.29) is 0 Å². The van der Waals surface area contributed by atoms with Crippen molar-refractivity contribution in [3.8, 4) is 11.3 Å². The number of para-hydroxylation sites is 1. The van der Waals surface area contributed by atoms with Crippen LogP contribution < -0.4 is 0 Å². The lowest BCUT2D eigenvalue weighted by Gasteiger charge is -2.08. The Balaban J connectivity index is 1.78. The zero-order valence-corrected chi connectivity index (χ0v) is 12.4. The van der Waals surface area contributed by atoms with E-state index in [9.17, 15) is 4.39 Å². The predicted octanol–water partition coefficient (Wildman–Crippen LogP) is 3.42. The number of aromatic nitrogens is 5. The molecule has 6 heteroatoms. The summed E-state index contributed by atoms with van der Waals surface area (Å²) in [6.07, 6.45) is 3.53. The number of nitrogens with one attached hydrogen (secondary N) is 1. The van der Waals surface area contributed by atoms with E-state index in [1.165, 1.54) is 0 Å². The van der Waals surface area contributed by atoms with Crippen molar-refractivity contribution in [2.24, 2.45) is 7.05 Å². The highest BCUT2D eigenvalue weighted by Gasteiger charge is 2.18. The summed E-state index contributed by atoms with van der Waals surface area (Å²) in [5.41, 5.74) is 4.06. The first-order chi connectivity index (χ1) is 11.2. The molecular weight excluding hydrogens is 293 g/mol. The molecule has 5 nitrogen and oxygen atoms in total. The molecule has 23 heavy (non-hydrogen) atoms. The van der Waals surface area contributed by atoms with Crippen LogP contribution in [0.15, 0.2) is 55.2 Å². The van der Waals surface area contributed by atoms with Crippen molar-refractivity contribution in [3.63, 3.8) is 0 Å². The highest BCUT2D eigenvalue weighted by Crippen LogP contribution is 2.28. The average molecular weight is 307 g/mol. The van der Waals surface area contributed by atoms with Crippen LogP contribution in [0.5, 0.6) is 0 Å². The van der Waals surface area contributed by atoms with Crippen molar-refractivity contribution >= 4 is 11.0 Å². The van der Waals surface area contributed by atoms with Gasteiger partial charge in [0.15, 0.2) is 6.17 Å². The van der Waals surface area contributed by atoms with Gasteiger partial charge in [0.2, 0.25) is 0 Å². The molecule has 4 aromatic rings. The van der Waals surface area contributed by atoms with Gasteiger partial charge in [0.25, 0.3) is 0 Å². The fourth-order valence-corrected chi connectivity index (χ4v) is 2.64. The lowest BCUT2D eigenvalue weighted by Crippen LogP contribution is -1.99. The molecule has 1 atom stereocenters. The Morgan fingerprint density at radius 1 is 1.09 bits per heavy atom. The molecule has 0 amide bonds. The Morgan fingerprint density at radius 2 is 1.96 bits per heavy atom. The van der Waals surface area contributed by atoms with E-state index in [0.29, 0.717) is 17.1 Å². The maximum Gasteiger partial charge on any atom is 0.185 e. The Labute approximate surface area is 131 Å². The summed E-state index contributed by atoms with van der Waals surface area (Å²) >= 11 is 0. The molecule has 1 aromatic carbocycles. The number of hydrogen-bond donors (Lipinski definition) is 1. The van der Waals surface area contributed by atoms with Crippen LogP contribution in [0.1, 0.15) is 17.6 Å². The minimum absolute atomic E-state index is 0.345. The van der Waals surface area contributed by atoms with Crippen molar-refractivity contribution in [1.82, 2.24) is 24.5 Å². The summed E-state index contributed by atoms with van der Waals surface area (Å²) in [6.45, 7) is 0. The molecule has 0 aliphatic carbocycles. The molecule has 0 aliphatic rings. The topological polar surface area (TPSA) is 59.4 Å². The van der Waals surface area contributed by atoms with Gasteiger partial charge in [-0.05, 0) is 18.2 Å². The fourth-order valence-electron chi connectivity index (χ4n) is 2.64. The van der Waals surface area contributed by atoms with E-state index in [2.05, 4.69) is 19.9 Å². The van der Waals surface area contributed by atoms with Gasteiger partial charge in [-0.3, -0.25) is 0 Å². The van der Waals surface area contributed by atoms with Crippen molar-refractivity contribution in [1.29, 1.82) is 0 Å². The normalized spacial score (nSPS) is 12.6. The Bertz CT molecular complexity index is 972. The third-order valence-electron chi connectivity index (χ3n) is 3.75. The van der Waals surface area contributed by atoms with Crippen molar-refractivity contribution in [2.75, 3.05) is 0 Å². The molecule has 3 aromatic heterocycles. The van der Waals surface area contributed by atoms with E-state index in [4.69, 9.17) is 0 Å². The maximum atomic E-state index is 14.7. The summed E-state index contributed by atoms with van der Waals surface area (Å²) < 4.78 is 16.4. The number of pyridine rings is 1. The van der Waals surface area contributed by atoms with E-state index in [0.717, 1.165) is 16.6 Å². The summed E-state index contributed by atoms with van der Waals surface area (Å²) in [5.74, 6) is 0. The highest BCUT2D eigenvalue weighted by atomic mass is 19.1. The first-order valence-corrected chi connectivity index (χ1v) is 7.24. The van der Waals surface area contributed by atoms with E-state index < -0.39 is 6.17 Å². The van der Waals surface area contributed by atoms with Gasteiger partial charge in [-0.25, -0.2) is 19.3 Å². The van der Waals surface area contributed by atoms with Crippen LogP contribution >= 0.6 is 0 Å². The van der Waals surface area contributed by atoms with Crippen LogP contribution in [0.25, 0.3) is 22.3 Å². The smallest absolute Gasteiger partial charge is 0.185 e. The third kappa shape index (κ3) is 2.38. The van der Waals surface area contributed by atoms with Gasteiger partial charge in [-0.15, -0.1) is 0 Å².